The fourth-order valence-electron chi connectivity index (χ4n) is 4.04. The molecule has 1 atom stereocenters. The van der Waals surface area contributed by atoms with E-state index < -0.39 is 6.04 Å². The van der Waals surface area contributed by atoms with Gasteiger partial charge in [0, 0.05) is 29.4 Å². The molecule has 1 aromatic heterocycles. The van der Waals surface area contributed by atoms with Gasteiger partial charge in [-0.3, -0.25) is 9.59 Å². The molecule has 1 saturated heterocycles. The molecule has 1 aliphatic heterocycles. The van der Waals surface area contributed by atoms with Crippen LogP contribution in [0.1, 0.15) is 51.3 Å². The topological polar surface area (TPSA) is 71.5 Å². The van der Waals surface area contributed by atoms with Gasteiger partial charge in [-0.1, -0.05) is 63.2 Å². The third-order valence-corrected chi connectivity index (χ3v) is 7.03. The highest BCUT2D eigenvalue weighted by atomic mass is 32.1. The van der Waals surface area contributed by atoms with Crippen LogP contribution in [0.15, 0.2) is 60.0 Å². The van der Waals surface area contributed by atoms with Crippen molar-refractivity contribution in [2.75, 3.05) is 13.2 Å². The zero-order chi connectivity index (χ0) is 24.8. The van der Waals surface area contributed by atoms with Crippen molar-refractivity contribution in [3.63, 3.8) is 0 Å². The van der Waals surface area contributed by atoms with E-state index in [0.29, 0.717) is 25.3 Å². The standard InChI is InChI=1S/C28H33N3O3S/c1-28(2,3)24-19-35-27(30-24)21-14-12-20(13-15-21)17-31(23-11-7-8-16-29-26(23)33)25(32)18-34-22-9-5-4-6-10-22/h4-6,9-10,12-15,19,23H,7-8,11,16-18H2,1-3H3,(H,29,33). The van der Waals surface area contributed by atoms with E-state index in [0.717, 1.165) is 34.7 Å². The van der Waals surface area contributed by atoms with Crippen LogP contribution in [0, 0.1) is 0 Å². The molecule has 35 heavy (non-hydrogen) atoms. The van der Waals surface area contributed by atoms with Crippen LogP contribution in [0.5, 0.6) is 5.75 Å². The lowest BCUT2D eigenvalue weighted by atomic mass is 9.93. The number of carbonyl (C=O) groups is 2. The zero-order valence-corrected chi connectivity index (χ0v) is 21.4. The Balaban J connectivity index is 1.51. The van der Waals surface area contributed by atoms with Crippen molar-refractivity contribution < 1.29 is 14.3 Å². The van der Waals surface area contributed by atoms with Gasteiger partial charge in [-0.2, -0.15) is 0 Å². The van der Waals surface area contributed by atoms with Crippen LogP contribution in [0.2, 0.25) is 0 Å². The van der Waals surface area contributed by atoms with Crippen LogP contribution in [0.3, 0.4) is 0 Å². The molecule has 0 bridgehead atoms. The minimum atomic E-state index is -0.502. The molecule has 2 aromatic carbocycles. The Morgan fingerprint density at radius 3 is 2.54 bits per heavy atom. The number of amides is 2. The summed E-state index contributed by atoms with van der Waals surface area (Å²) in [6.07, 6.45) is 2.46. The maximum absolute atomic E-state index is 13.3. The molecule has 2 heterocycles. The van der Waals surface area contributed by atoms with Crippen LogP contribution in [0.4, 0.5) is 0 Å². The molecular formula is C28H33N3O3S. The summed E-state index contributed by atoms with van der Waals surface area (Å²) in [5.41, 5.74) is 3.10. The van der Waals surface area contributed by atoms with Crippen molar-refractivity contribution in [3.05, 3.63) is 71.2 Å². The molecule has 184 valence electrons. The fraction of sp³-hybridized carbons (Fsp3) is 0.393. The second-order valence-electron chi connectivity index (χ2n) is 9.91. The monoisotopic (exact) mass is 491 g/mol. The number of rotatable bonds is 7. The van der Waals surface area contributed by atoms with Crippen molar-refractivity contribution in [1.29, 1.82) is 0 Å². The third kappa shape index (κ3) is 6.48. The molecule has 0 radical (unpaired) electrons. The van der Waals surface area contributed by atoms with E-state index in [9.17, 15) is 9.59 Å². The number of carbonyl (C=O) groups excluding carboxylic acids is 2. The van der Waals surface area contributed by atoms with E-state index >= 15 is 0 Å². The van der Waals surface area contributed by atoms with E-state index in [1.165, 1.54) is 0 Å². The molecule has 4 rings (SSSR count). The molecule has 0 spiro atoms. The van der Waals surface area contributed by atoms with Crippen LogP contribution < -0.4 is 10.1 Å². The number of nitrogens with one attached hydrogen (secondary N) is 1. The van der Waals surface area contributed by atoms with E-state index in [1.807, 2.05) is 54.6 Å². The van der Waals surface area contributed by atoms with Crippen LogP contribution in [-0.2, 0) is 21.5 Å². The highest BCUT2D eigenvalue weighted by molar-refractivity contribution is 7.13. The van der Waals surface area contributed by atoms with Gasteiger partial charge in [0.25, 0.3) is 5.91 Å². The van der Waals surface area contributed by atoms with E-state index in [2.05, 4.69) is 31.5 Å². The number of para-hydroxylation sites is 1. The predicted octanol–water partition coefficient (Wildman–Crippen LogP) is 5.18. The molecule has 1 N–H and O–H groups in total. The maximum Gasteiger partial charge on any atom is 0.261 e. The maximum atomic E-state index is 13.3. The number of nitrogens with zero attached hydrogens (tertiary/aromatic N) is 2. The van der Waals surface area contributed by atoms with E-state index in [4.69, 9.17) is 9.72 Å². The molecule has 1 unspecified atom stereocenters. The number of ether oxygens (including phenoxy) is 1. The van der Waals surface area contributed by atoms with Gasteiger partial charge in [0.05, 0.1) is 5.69 Å². The largest absolute Gasteiger partial charge is 0.484 e. The number of hydrogen-bond acceptors (Lipinski definition) is 5. The first-order valence-corrected chi connectivity index (χ1v) is 13.0. The van der Waals surface area contributed by atoms with Crippen LogP contribution in [-0.4, -0.2) is 40.9 Å². The van der Waals surface area contributed by atoms with Crippen molar-refractivity contribution in [2.24, 2.45) is 0 Å². The molecule has 1 fully saturated rings. The Morgan fingerprint density at radius 2 is 1.86 bits per heavy atom. The first-order valence-electron chi connectivity index (χ1n) is 12.1. The predicted molar refractivity (Wildman–Crippen MR) is 139 cm³/mol. The lowest BCUT2D eigenvalue weighted by Crippen LogP contribution is -2.49. The normalized spacial score (nSPS) is 16.3. The summed E-state index contributed by atoms with van der Waals surface area (Å²) in [6.45, 7) is 7.36. The molecule has 3 aromatic rings. The molecule has 7 heteroatoms. The van der Waals surface area contributed by atoms with E-state index in [-0.39, 0.29) is 23.8 Å². The van der Waals surface area contributed by atoms with Crippen molar-refractivity contribution >= 4 is 23.2 Å². The van der Waals surface area contributed by atoms with Gasteiger partial charge in [-0.25, -0.2) is 4.98 Å². The Kier molecular flexibility index (Phi) is 7.86. The summed E-state index contributed by atoms with van der Waals surface area (Å²) < 4.78 is 5.72. The number of benzene rings is 2. The summed E-state index contributed by atoms with van der Waals surface area (Å²) in [4.78, 5) is 32.5. The van der Waals surface area contributed by atoms with Crippen LogP contribution >= 0.6 is 11.3 Å². The molecule has 6 nitrogen and oxygen atoms in total. The van der Waals surface area contributed by atoms with Crippen molar-refractivity contribution in [1.82, 2.24) is 15.2 Å². The molecule has 0 saturated carbocycles. The van der Waals surface area contributed by atoms with Gasteiger partial charge in [0.2, 0.25) is 5.91 Å². The molecule has 2 amide bonds. The SMILES string of the molecule is CC(C)(C)c1csc(-c2ccc(CN(C(=O)COc3ccccc3)C3CCCCNC3=O)cc2)n1. The van der Waals surface area contributed by atoms with Gasteiger partial charge >= 0.3 is 0 Å². The first-order chi connectivity index (χ1) is 16.8. The summed E-state index contributed by atoms with van der Waals surface area (Å²) in [5, 5.41) is 6.05. The van der Waals surface area contributed by atoms with Crippen molar-refractivity contribution in [3.8, 4) is 16.3 Å². The van der Waals surface area contributed by atoms with Gasteiger partial charge in [-0.15, -0.1) is 11.3 Å². The lowest BCUT2D eigenvalue weighted by Gasteiger charge is -2.30. The van der Waals surface area contributed by atoms with E-state index in [1.54, 1.807) is 16.2 Å². The first kappa shape index (κ1) is 24.9. The quantitative estimate of drug-likeness (QED) is 0.494. The van der Waals surface area contributed by atoms with Crippen molar-refractivity contribution in [2.45, 2.75) is 58.0 Å². The van der Waals surface area contributed by atoms with Gasteiger partial charge < -0.3 is 15.0 Å². The average Bonchev–Trinajstić information content (AvgIpc) is 3.27. The number of aromatic nitrogens is 1. The highest BCUT2D eigenvalue weighted by Crippen LogP contribution is 2.30. The highest BCUT2D eigenvalue weighted by Gasteiger charge is 2.31. The average molecular weight is 492 g/mol. The second kappa shape index (κ2) is 11.0. The minimum absolute atomic E-state index is 0.0106. The summed E-state index contributed by atoms with van der Waals surface area (Å²) in [5.74, 6) is 0.341. The Morgan fingerprint density at radius 1 is 1.11 bits per heavy atom. The Bertz CT molecular complexity index is 1140. The smallest absolute Gasteiger partial charge is 0.261 e. The number of hydrogen-bond donors (Lipinski definition) is 1. The molecule has 1 aliphatic rings. The number of thiazole rings is 1. The lowest BCUT2D eigenvalue weighted by molar-refractivity contribution is -0.142. The summed E-state index contributed by atoms with van der Waals surface area (Å²) in [7, 11) is 0. The Labute approximate surface area is 211 Å². The molecule has 0 aliphatic carbocycles. The molecular weight excluding hydrogens is 458 g/mol. The third-order valence-electron chi connectivity index (χ3n) is 6.13. The zero-order valence-electron chi connectivity index (χ0n) is 20.6. The minimum Gasteiger partial charge on any atom is -0.484 e. The van der Waals surface area contributed by atoms with Gasteiger partial charge in [0.1, 0.15) is 16.8 Å². The van der Waals surface area contributed by atoms with Gasteiger partial charge in [-0.05, 0) is 37.0 Å². The second-order valence-corrected chi connectivity index (χ2v) is 10.8. The van der Waals surface area contributed by atoms with Gasteiger partial charge in [0.15, 0.2) is 6.61 Å². The summed E-state index contributed by atoms with van der Waals surface area (Å²) in [6, 6.07) is 16.9. The Hall–Kier alpha value is -3.19. The summed E-state index contributed by atoms with van der Waals surface area (Å²) >= 11 is 1.64. The van der Waals surface area contributed by atoms with Crippen LogP contribution in [0.25, 0.3) is 10.6 Å². The fourth-order valence-corrected chi connectivity index (χ4v) is 5.09.